The van der Waals surface area contributed by atoms with Crippen molar-refractivity contribution < 1.29 is 4.79 Å². The Bertz CT molecular complexity index is 608. The van der Waals surface area contributed by atoms with Crippen molar-refractivity contribution in [3.05, 3.63) is 65.2 Å². The second kappa shape index (κ2) is 6.93. The number of amides is 1. The molecule has 0 bridgehead atoms. The van der Waals surface area contributed by atoms with E-state index in [1.54, 1.807) is 6.07 Å². The van der Waals surface area contributed by atoms with Crippen LogP contribution < -0.4 is 5.73 Å². The van der Waals surface area contributed by atoms with E-state index in [1.807, 2.05) is 49.1 Å². The van der Waals surface area contributed by atoms with Gasteiger partial charge in [0.25, 0.3) is 5.91 Å². The van der Waals surface area contributed by atoms with Gasteiger partial charge in [0.2, 0.25) is 0 Å². The van der Waals surface area contributed by atoms with Gasteiger partial charge < -0.3 is 10.6 Å². The maximum absolute atomic E-state index is 12.5. The maximum Gasteiger partial charge on any atom is 0.253 e. The molecule has 3 nitrogen and oxygen atoms in total. The molecule has 0 heterocycles. The third kappa shape index (κ3) is 3.85. The van der Waals surface area contributed by atoms with Crippen LogP contribution >= 0.6 is 0 Å². The van der Waals surface area contributed by atoms with E-state index in [0.29, 0.717) is 24.3 Å². The highest BCUT2D eigenvalue weighted by molar-refractivity contribution is 5.95. The van der Waals surface area contributed by atoms with Gasteiger partial charge >= 0.3 is 0 Å². The Labute approximate surface area is 126 Å². The molecule has 21 heavy (non-hydrogen) atoms. The number of hydrogen-bond acceptors (Lipinski definition) is 2. The normalized spacial score (nSPS) is 10.4. The number of carbonyl (C=O) groups excluding carboxylic acids is 1. The summed E-state index contributed by atoms with van der Waals surface area (Å²) in [6.45, 7) is 5.35. The molecular weight excluding hydrogens is 260 g/mol. The first-order valence-electron chi connectivity index (χ1n) is 7.31. The molecule has 2 aromatic carbocycles. The quantitative estimate of drug-likeness (QED) is 0.855. The summed E-state index contributed by atoms with van der Waals surface area (Å²) in [6, 6.07) is 15.7. The second-order valence-corrected chi connectivity index (χ2v) is 5.19. The summed E-state index contributed by atoms with van der Waals surface area (Å²) < 4.78 is 0. The molecule has 0 aliphatic heterocycles. The lowest BCUT2D eigenvalue weighted by Crippen LogP contribution is -2.32. The number of nitrogen functional groups attached to an aromatic ring is 1. The average Bonchev–Trinajstić information content (AvgIpc) is 2.51. The highest BCUT2D eigenvalue weighted by atomic mass is 16.2. The van der Waals surface area contributed by atoms with Gasteiger partial charge in [-0.05, 0) is 43.5 Å². The van der Waals surface area contributed by atoms with Crippen LogP contribution in [0.3, 0.4) is 0 Å². The number of aryl methyl sites for hydroxylation is 1. The summed E-state index contributed by atoms with van der Waals surface area (Å²) in [6.07, 6.45) is 0.863. The van der Waals surface area contributed by atoms with Gasteiger partial charge in [0.1, 0.15) is 0 Å². The molecule has 0 spiro atoms. The monoisotopic (exact) mass is 282 g/mol. The number of rotatable bonds is 5. The Hall–Kier alpha value is -2.29. The minimum atomic E-state index is 0.0418. The first kappa shape index (κ1) is 15.1. The summed E-state index contributed by atoms with van der Waals surface area (Å²) in [7, 11) is 0. The molecule has 0 fully saturated rings. The van der Waals surface area contributed by atoms with Gasteiger partial charge in [-0.25, -0.2) is 0 Å². The molecule has 0 saturated carbocycles. The highest BCUT2D eigenvalue weighted by Gasteiger charge is 2.14. The smallest absolute Gasteiger partial charge is 0.253 e. The number of anilines is 1. The summed E-state index contributed by atoms with van der Waals surface area (Å²) >= 11 is 0. The number of carbonyl (C=O) groups is 1. The predicted molar refractivity (Wildman–Crippen MR) is 87.3 cm³/mol. The molecule has 0 aliphatic carbocycles. The van der Waals surface area contributed by atoms with Crippen LogP contribution in [0.1, 0.15) is 28.4 Å². The van der Waals surface area contributed by atoms with E-state index in [1.165, 1.54) is 5.56 Å². The molecule has 2 rings (SSSR count). The first-order chi connectivity index (χ1) is 10.1. The van der Waals surface area contributed by atoms with E-state index in [9.17, 15) is 4.79 Å². The molecule has 2 N–H and O–H groups in total. The topological polar surface area (TPSA) is 46.3 Å². The molecule has 0 radical (unpaired) electrons. The van der Waals surface area contributed by atoms with Crippen molar-refractivity contribution in [2.75, 3.05) is 18.8 Å². The third-order valence-electron chi connectivity index (χ3n) is 3.71. The molecule has 0 atom stereocenters. The summed E-state index contributed by atoms with van der Waals surface area (Å²) in [4.78, 5) is 14.4. The van der Waals surface area contributed by atoms with E-state index in [4.69, 9.17) is 5.73 Å². The van der Waals surface area contributed by atoms with E-state index < -0.39 is 0 Å². The molecule has 110 valence electrons. The van der Waals surface area contributed by atoms with Crippen LogP contribution in [0.5, 0.6) is 0 Å². The fourth-order valence-corrected chi connectivity index (χ4v) is 2.27. The minimum absolute atomic E-state index is 0.0418. The highest BCUT2D eigenvalue weighted by Crippen LogP contribution is 2.15. The minimum Gasteiger partial charge on any atom is -0.398 e. The molecule has 2 aromatic rings. The number of likely N-dealkylation sites (N-methyl/N-ethyl adjacent to an activating group) is 1. The Balaban J connectivity index is 2.06. The van der Waals surface area contributed by atoms with Crippen LogP contribution in [0.2, 0.25) is 0 Å². The van der Waals surface area contributed by atoms with E-state index in [-0.39, 0.29) is 5.91 Å². The summed E-state index contributed by atoms with van der Waals surface area (Å²) in [5.41, 5.74) is 9.46. The van der Waals surface area contributed by atoms with Crippen LogP contribution in [-0.4, -0.2) is 23.9 Å². The van der Waals surface area contributed by atoms with Crippen LogP contribution in [-0.2, 0) is 6.42 Å². The van der Waals surface area contributed by atoms with Crippen LogP contribution in [0.4, 0.5) is 5.69 Å². The van der Waals surface area contributed by atoms with Gasteiger partial charge in [-0.15, -0.1) is 0 Å². The average molecular weight is 282 g/mol. The van der Waals surface area contributed by atoms with Gasteiger partial charge in [0.05, 0.1) is 0 Å². The van der Waals surface area contributed by atoms with Crippen molar-refractivity contribution in [1.82, 2.24) is 4.90 Å². The zero-order valence-electron chi connectivity index (χ0n) is 12.7. The van der Waals surface area contributed by atoms with Crippen molar-refractivity contribution >= 4 is 11.6 Å². The Morgan fingerprint density at radius 2 is 1.86 bits per heavy atom. The van der Waals surface area contributed by atoms with Gasteiger partial charge in [-0.2, -0.15) is 0 Å². The number of benzene rings is 2. The van der Waals surface area contributed by atoms with Crippen LogP contribution in [0.15, 0.2) is 48.5 Å². The molecule has 0 aliphatic rings. The van der Waals surface area contributed by atoms with Gasteiger partial charge in [-0.1, -0.05) is 36.4 Å². The molecule has 0 unspecified atom stereocenters. The molecular formula is C18H22N2O. The zero-order chi connectivity index (χ0) is 15.2. The fraction of sp³-hybridized carbons (Fsp3) is 0.278. The van der Waals surface area contributed by atoms with Crippen LogP contribution in [0, 0.1) is 6.92 Å². The number of nitrogens with two attached hydrogens (primary N) is 1. The van der Waals surface area contributed by atoms with Crippen molar-refractivity contribution in [3.8, 4) is 0 Å². The zero-order valence-corrected chi connectivity index (χ0v) is 12.7. The maximum atomic E-state index is 12.5. The largest absolute Gasteiger partial charge is 0.398 e. The molecule has 0 aromatic heterocycles. The Morgan fingerprint density at radius 1 is 1.14 bits per heavy atom. The SMILES string of the molecule is CCN(CCc1ccccc1)C(=O)c1ccc(C)c(N)c1. The second-order valence-electron chi connectivity index (χ2n) is 5.19. The fourth-order valence-electron chi connectivity index (χ4n) is 2.27. The molecule has 0 saturated heterocycles. The van der Waals surface area contributed by atoms with Gasteiger partial charge in [-0.3, -0.25) is 4.79 Å². The molecule has 3 heteroatoms. The van der Waals surface area contributed by atoms with Crippen molar-refractivity contribution in [1.29, 1.82) is 0 Å². The van der Waals surface area contributed by atoms with Crippen LogP contribution in [0.25, 0.3) is 0 Å². The number of hydrogen-bond donors (Lipinski definition) is 1. The van der Waals surface area contributed by atoms with E-state index in [0.717, 1.165) is 12.0 Å². The van der Waals surface area contributed by atoms with E-state index >= 15 is 0 Å². The number of nitrogens with zero attached hydrogens (tertiary/aromatic N) is 1. The van der Waals surface area contributed by atoms with Gasteiger partial charge in [0.15, 0.2) is 0 Å². The predicted octanol–water partition coefficient (Wildman–Crippen LogP) is 3.28. The third-order valence-corrected chi connectivity index (χ3v) is 3.71. The van der Waals surface area contributed by atoms with E-state index in [2.05, 4.69) is 12.1 Å². The van der Waals surface area contributed by atoms with Crippen molar-refractivity contribution in [2.45, 2.75) is 20.3 Å². The van der Waals surface area contributed by atoms with Gasteiger partial charge in [0, 0.05) is 24.3 Å². The standard InChI is InChI=1S/C18H22N2O/c1-3-20(12-11-15-7-5-4-6-8-15)18(21)16-10-9-14(2)17(19)13-16/h4-10,13H,3,11-12,19H2,1-2H3. The lowest BCUT2D eigenvalue weighted by molar-refractivity contribution is 0.0766. The van der Waals surface area contributed by atoms with Crippen molar-refractivity contribution in [3.63, 3.8) is 0 Å². The first-order valence-corrected chi connectivity index (χ1v) is 7.31. The lowest BCUT2D eigenvalue weighted by Gasteiger charge is -2.21. The Kier molecular flexibility index (Phi) is 4.99. The summed E-state index contributed by atoms with van der Waals surface area (Å²) in [5.74, 6) is 0.0418. The Morgan fingerprint density at radius 3 is 2.48 bits per heavy atom. The molecule has 1 amide bonds. The lowest BCUT2D eigenvalue weighted by atomic mass is 10.1. The summed E-state index contributed by atoms with van der Waals surface area (Å²) in [5, 5.41) is 0. The van der Waals surface area contributed by atoms with Crippen molar-refractivity contribution in [2.24, 2.45) is 0 Å².